The molecule has 0 saturated heterocycles. The SMILES string of the molecule is C.COC(=O)c1ccc([C@H](N)C(C)C)o1.O=C(O)C(F)(F)F. The highest BCUT2D eigenvalue weighted by atomic mass is 19.4. The molecule has 22 heavy (non-hydrogen) atoms. The molecule has 0 fully saturated rings. The number of halogens is 3. The molecule has 0 aliphatic heterocycles. The third-order valence-electron chi connectivity index (χ3n) is 2.30. The number of ether oxygens (including phenoxy) is 1. The van der Waals surface area contributed by atoms with Crippen molar-refractivity contribution in [3.05, 3.63) is 23.7 Å². The average molecular weight is 327 g/mol. The minimum Gasteiger partial charge on any atom is -0.475 e. The largest absolute Gasteiger partial charge is 0.490 e. The topological polar surface area (TPSA) is 103 Å². The lowest BCUT2D eigenvalue weighted by molar-refractivity contribution is -0.192. The van der Waals surface area contributed by atoms with Crippen LogP contribution in [0.4, 0.5) is 13.2 Å². The first-order chi connectivity index (χ1) is 9.50. The van der Waals surface area contributed by atoms with Gasteiger partial charge in [0, 0.05) is 0 Å². The van der Waals surface area contributed by atoms with Crippen molar-refractivity contribution in [2.45, 2.75) is 33.5 Å². The van der Waals surface area contributed by atoms with Crippen LogP contribution in [0.3, 0.4) is 0 Å². The molecule has 1 atom stereocenters. The minimum absolute atomic E-state index is 0. The van der Waals surface area contributed by atoms with Crippen LogP contribution in [-0.2, 0) is 9.53 Å². The van der Waals surface area contributed by atoms with Gasteiger partial charge in [0.05, 0.1) is 13.2 Å². The van der Waals surface area contributed by atoms with Crippen LogP contribution in [0.25, 0.3) is 0 Å². The van der Waals surface area contributed by atoms with Crippen molar-refractivity contribution in [3.8, 4) is 0 Å². The van der Waals surface area contributed by atoms with Crippen molar-refractivity contribution in [3.63, 3.8) is 0 Å². The summed E-state index contributed by atoms with van der Waals surface area (Å²) in [4.78, 5) is 20.0. The number of esters is 1. The first kappa shape index (κ1) is 22.3. The molecule has 0 aromatic carbocycles. The zero-order valence-electron chi connectivity index (χ0n) is 11.6. The number of hydrogen-bond acceptors (Lipinski definition) is 5. The predicted molar refractivity (Wildman–Crippen MR) is 72.2 cm³/mol. The number of rotatable bonds is 3. The molecule has 9 heteroatoms. The molecule has 1 aromatic heterocycles. The van der Waals surface area contributed by atoms with E-state index in [4.69, 9.17) is 20.1 Å². The predicted octanol–water partition coefficient (Wildman–Crippen LogP) is 2.99. The Labute approximate surface area is 126 Å². The van der Waals surface area contributed by atoms with E-state index in [2.05, 4.69) is 4.74 Å². The standard InChI is InChI=1S/C10H15NO3.C2HF3O2.CH4/c1-6(2)9(11)7-4-5-8(14-7)10(12)13-3;3-2(4,5)1(6)7;/h4-6,9H,11H2,1-3H3;(H,6,7);1H4/t9-;;/m1../s1. The quantitative estimate of drug-likeness (QED) is 0.827. The minimum atomic E-state index is -5.08. The normalized spacial score (nSPS) is 11.8. The number of nitrogens with two attached hydrogens (primary N) is 1. The van der Waals surface area contributed by atoms with Crippen LogP contribution in [-0.4, -0.2) is 30.3 Å². The first-order valence-corrected chi connectivity index (χ1v) is 5.74. The molecule has 1 aromatic rings. The Hall–Kier alpha value is -2.03. The Bertz CT molecular complexity index is 482. The maximum Gasteiger partial charge on any atom is 0.490 e. The van der Waals surface area contributed by atoms with Gasteiger partial charge in [-0.15, -0.1) is 0 Å². The van der Waals surface area contributed by atoms with Gasteiger partial charge in [-0.3, -0.25) is 0 Å². The summed E-state index contributed by atoms with van der Waals surface area (Å²) < 4.78 is 41.5. The third kappa shape index (κ3) is 7.11. The Morgan fingerprint density at radius 3 is 2.09 bits per heavy atom. The van der Waals surface area contributed by atoms with Gasteiger partial charge in [0.1, 0.15) is 5.76 Å². The second-order valence-electron chi connectivity index (χ2n) is 4.27. The maximum absolute atomic E-state index is 11.1. The number of hydrogen-bond donors (Lipinski definition) is 2. The van der Waals surface area contributed by atoms with Crippen molar-refractivity contribution in [2.24, 2.45) is 11.7 Å². The van der Waals surface area contributed by atoms with Gasteiger partial charge in [0.2, 0.25) is 5.76 Å². The van der Waals surface area contributed by atoms with E-state index < -0.39 is 18.1 Å². The van der Waals surface area contributed by atoms with Crippen LogP contribution in [0.2, 0.25) is 0 Å². The van der Waals surface area contributed by atoms with E-state index in [1.165, 1.54) is 7.11 Å². The summed E-state index contributed by atoms with van der Waals surface area (Å²) in [7, 11) is 1.31. The molecule has 0 radical (unpaired) electrons. The van der Waals surface area contributed by atoms with Gasteiger partial charge in [0.15, 0.2) is 0 Å². The fourth-order valence-electron chi connectivity index (χ4n) is 1.07. The number of aliphatic carboxylic acids is 1. The van der Waals surface area contributed by atoms with E-state index in [0.29, 0.717) is 5.76 Å². The van der Waals surface area contributed by atoms with E-state index in [1.807, 2.05) is 13.8 Å². The molecule has 0 aliphatic carbocycles. The molecule has 128 valence electrons. The zero-order valence-corrected chi connectivity index (χ0v) is 11.6. The molecule has 0 amide bonds. The van der Waals surface area contributed by atoms with Gasteiger partial charge >= 0.3 is 18.1 Å². The van der Waals surface area contributed by atoms with Crippen LogP contribution < -0.4 is 5.73 Å². The molecule has 1 heterocycles. The van der Waals surface area contributed by atoms with E-state index in [1.54, 1.807) is 12.1 Å². The zero-order chi connectivity index (χ0) is 16.8. The number of alkyl halides is 3. The number of furan rings is 1. The first-order valence-electron chi connectivity index (χ1n) is 5.74. The fourth-order valence-corrected chi connectivity index (χ4v) is 1.07. The lowest BCUT2D eigenvalue weighted by atomic mass is 10.0. The Kier molecular flexibility index (Phi) is 9.19. The molecular weight excluding hydrogens is 307 g/mol. The van der Waals surface area contributed by atoms with Gasteiger partial charge in [-0.05, 0) is 18.1 Å². The molecule has 3 N–H and O–H groups in total. The number of carbonyl (C=O) groups is 2. The van der Waals surface area contributed by atoms with Crippen molar-refractivity contribution in [2.75, 3.05) is 7.11 Å². The van der Waals surface area contributed by atoms with E-state index in [0.717, 1.165) is 0 Å². The van der Waals surface area contributed by atoms with Crippen molar-refractivity contribution >= 4 is 11.9 Å². The second kappa shape index (κ2) is 9.08. The Balaban J connectivity index is 0. The highest BCUT2D eigenvalue weighted by Crippen LogP contribution is 2.21. The summed E-state index contributed by atoms with van der Waals surface area (Å²) in [5.41, 5.74) is 5.85. The summed E-state index contributed by atoms with van der Waals surface area (Å²) in [5, 5.41) is 7.12. The Morgan fingerprint density at radius 1 is 1.32 bits per heavy atom. The van der Waals surface area contributed by atoms with Crippen LogP contribution in [0, 0.1) is 5.92 Å². The summed E-state index contributed by atoms with van der Waals surface area (Å²) in [6.07, 6.45) is -5.08. The molecule has 1 rings (SSSR count). The third-order valence-corrected chi connectivity index (χ3v) is 2.30. The molecule has 0 unspecified atom stereocenters. The van der Waals surface area contributed by atoms with Gasteiger partial charge in [-0.25, -0.2) is 9.59 Å². The summed E-state index contributed by atoms with van der Waals surface area (Å²) in [6, 6.07) is 3.09. The maximum atomic E-state index is 11.1. The average Bonchev–Trinajstić information content (AvgIpc) is 2.85. The number of carboxylic acid groups (broad SMARTS) is 1. The van der Waals surface area contributed by atoms with Crippen molar-refractivity contribution < 1.29 is 37.0 Å². The van der Waals surface area contributed by atoms with Gasteiger partial charge < -0.3 is 20.0 Å². The van der Waals surface area contributed by atoms with Gasteiger partial charge in [-0.2, -0.15) is 13.2 Å². The highest BCUT2D eigenvalue weighted by Gasteiger charge is 2.38. The smallest absolute Gasteiger partial charge is 0.475 e. The summed E-state index contributed by atoms with van der Waals surface area (Å²) >= 11 is 0. The highest BCUT2D eigenvalue weighted by molar-refractivity contribution is 5.86. The second-order valence-corrected chi connectivity index (χ2v) is 4.27. The van der Waals surface area contributed by atoms with Crippen molar-refractivity contribution in [1.82, 2.24) is 0 Å². The van der Waals surface area contributed by atoms with E-state index in [-0.39, 0.29) is 25.1 Å². The lowest BCUT2D eigenvalue weighted by Gasteiger charge is -2.11. The van der Waals surface area contributed by atoms with Crippen molar-refractivity contribution in [1.29, 1.82) is 0 Å². The Morgan fingerprint density at radius 2 is 1.77 bits per heavy atom. The summed E-state index contributed by atoms with van der Waals surface area (Å²) in [5.74, 6) is -2.16. The van der Waals surface area contributed by atoms with Crippen LogP contribution in [0.1, 0.15) is 43.6 Å². The number of carboxylic acids is 1. The van der Waals surface area contributed by atoms with E-state index in [9.17, 15) is 18.0 Å². The molecule has 0 bridgehead atoms. The summed E-state index contributed by atoms with van der Waals surface area (Å²) in [6.45, 7) is 3.98. The lowest BCUT2D eigenvalue weighted by Crippen LogP contribution is -2.21. The molecular formula is C13H20F3NO5. The monoisotopic (exact) mass is 327 g/mol. The number of carbonyl (C=O) groups excluding carboxylic acids is 1. The molecule has 0 aliphatic rings. The fraction of sp³-hybridized carbons (Fsp3) is 0.538. The van der Waals surface area contributed by atoms with Crippen LogP contribution >= 0.6 is 0 Å². The van der Waals surface area contributed by atoms with Crippen LogP contribution in [0.15, 0.2) is 16.5 Å². The van der Waals surface area contributed by atoms with Crippen LogP contribution in [0.5, 0.6) is 0 Å². The molecule has 0 saturated carbocycles. The van der Waals surface area contributed by atoms with Gasteiger partial charge in [0.25, 0.3) is 0 Å². The van der Waals surface area contributed by atoms with Gasteiger partial charge in [-0.1, -0.05) is 21.3 Å². The number of methoxy groups -OCH3 is 1. The van der Waals surface area contributed by atoms with E-state index >= 15 is 0 Å². The molecule has 0 spiro atoms. The molecule has 6 nitrogen and oxygen atoms in total.